The molecule has 1 atom stereocenters. The Hall–Kier alpha value is -1.29. The fourth-order valence-corrected chi connectivity index (χ4v) is 2.30. The van der Waals surface area contributed by atoms with Crippen LogP contribution >= 0.6 is 23.2 Å². The van der Waals surface area contributed by atoms with Gasteiger partial charge in [-0.05, 0) is 43.3 Å². The minimum absolute atomic E-state index is 0.0771. The molecule has 0 amide bonds. The van der Waals surface area contributed by atoms with Crippen molar-refractivity contribution in [2.75, 3.05) is 6.54 Å². The zero-order valence-electron chi connectivity index (χ0n) is 11.8. The molecular formula is C16H16Cl2FNO. The third-order valence-electron chi connectivity index (χ3n) is 3.10. The number of ether oxygens (including phenoxy) is 1. The standard InChI is InChI=1S/C16H16Cl2FNO/c1-3-20-10(2)11-7-8-14(13(19)9-11)21-15-6-4-5-12(17)16(15)18/h4-10,20H,3H2,1-2H3. The third kappa shape index (κ3) is 3.88. The number of hydrogen-bond donors (Lipinski definition) is 1. The molecule has 0 fully saturated rings. The zero-order valence-corrected chi connectivity index (χ0v) is 13.3. The minimum atomic E-state index is -0.437. The highest BCUT2D eigenvalue weighted by Crippen LogP contribution is 2.35. The van der Waals surface area contributed by atoms with E-state index < -0.39 is 5.82 Å². The van der Waals surface area contributed by atoms with E-state index in [0.717, 1.165) is 12.1 Å². The van der Waals surface area contributed by atoms with E-state index >= 15 is 0 Å². The van der Waals surface area contributed by atoms with Crippen molar-refractivity contribution in [2.45, 2.75) is 19.9 Å². The second kappa shape index (κ2) is 7.12. The average Bonchev–Trinajstić information content (AvgIpc) is 2.46. The van der Waals surface area contributed by atoms with Crippen molar-refractivity contribution in [1.29, 1.82) is 0 Å². The molecule has 0 saturated carbocycles. The Morgan fingerprint density at radius 3 is 2.62 bits per heavy atom. The number of hydrogen-bond acceptors (Lipinski definition) is 2. The summed E-state index contributed by atoms with van der Waals surface area (Å²) in [6.07, 6.45) is 0. The Balaban J connectivity index is 2.23. The predicted octanol–water partition coefficient (Wildman–Crippen LogP) is 5.60. The summed E-state index contributed by atoms with van der Waals surface area (Å²) < 4.78 is 19.6. The van der Waals surface area contributed by atoms with E-state index in [9.17, 15) is 4.39 Å². The van der Waals surface area contributed by atoms with Gasteiger partial charge in [-0.3, -0.25) is 0 Å². The molecule has 5 heteroatoms. The fourth-order valence-electron chi connectivity index (χ4n) is 1.97. The molecule has 0 heterocycles. The minimum Gasteiger partial charge on any atom is -0.453 e. The summed E-state index contributed by atoms with van der Waals surface area (Å²) in [7, 11) is 0. The first kappa shape index (κ1) is 16.1. The van der Waals surface area contributed by atoms with E-state index in [4.69, 9.17) is 27.9 Å². The molecule has 112 valence electrons. The van der Waals surface area contributed by atoms with Crippen LogP contribution in [0.15, 0.2) is 36.4 Å². The normalized spacial score (nSPS) is 12.2. The van der Waals surface area contributed by atoms with Crippen LogP contribution in [0.5, 0.6) is 11.5 Å². The van der Waals surface area contributed by atoms with Crippen molar-refractivity contribution in [3.8, 4) is 11.5 Å². The molecule has 0 aromatic heterocycles. The smallest absolute Gasteiger partial charge is 0.166 e. The van der Waals surface area contributed by atoms with Gasteiger partial charge in [0.25, 0.3) is 0 Å². The molecule has 0 spiro atoms. The van der Waals surface area contributed by atoms with Crippen molar-refractivity contribution >= 4 is 23.2 Å². The SMILES string of the molecule is CCNC(C)c1ccc(Oc2cccc(Cl)c2Cl)c(F)c1. The maximum atomic E-state index is 14.1. The van der Waals surface area contributed by atoms with E-state index in [1.807, 2.05) is 19.9 Å². The van der Waals surface area contributed by atoms with Gasteiger partial charge in [-0.15, -0.1) is 0 Å². The van der Waals surface area contributed by atoms with Crippen LogP contribution in [0.1, 0.15) is 25.5 Å². The first-order valence-electron chi connectivity index (χ1n) is 6.67. The summed E-state index contributed by atoms with van der Waals surface area (Å²) in [4.78, 5) is 0. The molecule has 0 aliphatic carbocycles. The largest absolute Gasteiger partial charge is 0.453 e. The summed E-state index contributed by atoms with van der Waals surface area (Å²) in [6.45, 7) is 4.80. The van der Waals surface area contributed by atoms with Gasteiger partial charge in [0.2, 0.25) is 0 Å². The average molecular weight is 328 g/mol. The molecule has 0 saturated heterocycles. The number of halogens is 3. The van der Waals surface area contributed by atoms with Crippen LogP contribution in [0.3, 0.4) is 0 Å². The van der Waals surface area contributed by atoms with Crippen molar-refractivity contribution in [2.24, 2.45) is 0 Å². The van der Waals surface area contributed by atoms with Crippen LogP contribution in [0, 0.1) is 5.82 Å². The molecular weight excluding hydrogens is 312 g/mol. The highest BCUT2D eigenvalue weighted by molar-refractivity contribution is 6.42. The monoisotopic (exact) mass is 327 g/mol. The lowest BCUT2D eigenvalue weighted by Crippen LogP contribution is -2.17. The van der Waals surface area contributed by atoms with Crippen molar-refractivity contribution in [3.05, 3.63) is 57.8 Å². The molecule has 2 aromatic rings. The summed E-state index contributed by atoms with van der Waals surface area (Å²) in [6, 6.07) is 9.94. The Kier molecular flexibility index (Phi) is 5.45. The van der Waals surface area contributed by atoms with E-state index in [2.05, 4.69) is 5.32 Å². The fraction of sp³-hybridized carbons (Fsp3) is 0.250. The van der Waals surface area contributed by atoms with Gasteiger partial charge in [-0.1, -0.05) is 42.3 Å². The highest BCUT2D eigenvalue weighted by atomic mass is 35.5. The van der Waals surface area contributed by atoms with Crippen LogP contribution in [0.2, 0.25) is 10.0 Å². The van der Waals surface area contributed by atoms with E-state index in [0.29, 0.717) is 10.8 Å². The Morgan fingerprint density at radius 2 is 1.95 bits per heavy atom. The van der Waals surface area contributed by atoms with Gasteiger partial charge < -0.3 is 10.1 Å². The van der Waals surface area contributed by atoms with E-state index in [-0.39, 0.29) is 16.8 Å². The first-order valence-corrected chi connectivity index (χ1v) is 7.43. The van der Waals surface area contributed by atoms with Crippen molar-refractivity contribution in [1.82, 2.24) is 5.32 Å². The quantitative estimate of drug-likeness (QED) is 0.772. The number of nitrogens with one attached hydrogen (secondary N) is 1. The summed E-state index contributed by atoms with van der Waals surface area (Å²) >= 11 is 11.9. The van der Waals surface area contributed by atoms with Gasteiger partial charge in [-0.25, -0.2) is 4.39 Å². The first-order chi connectivity index (χ1) is 10.0. The van der Waals surface area contributed by atoms with Gasteiger partial charge in [0, 0.05) is 6.04 Å². The molecule has 0 aliphatic rings. The molecule has 0 radical (unpaired) electrons. The summed E-state index contributed by atoms with van der Waals surface area (Å²) in [5.74, 6) is 0.00968. The molecule has 0 bridgehead atoms. The molecule has 1 unspecified atom stereocenters. The van der Waals surface area contributed by atoms with Crippen LogP contribution < -0.4 is 10.1 Å². The van der Waals surface area contributed by atoms with Gasteiger partial charge in [0.15, 0.2) is 11.6 Å². The molecule has 2 nitrogen and oxygen atoms in total. The maximum Gasteiger partial charge on any atom is 0.166 e. The second-order valence-corrected chi connectivity index (χ2v) is 5.41. The second-order valence-electron chi connectivity index (χ2n) is 4.62. The molecule has 2 rings (SSSR count). The Morgan fingerprint density at radius 1 is 1.19 bits per heavy atom. The van der Waals surface area contributed by atoms with Crippen molar-refractivity contribution < 1.29 is 9.13 Å². The summed E-state index contributed by atoms with van der Waals surface area (Å²) in [5.41, 5.74) is 0.860. The summed E-state index contributed by atoms with van der Waals surface area (Å²) in [5, 5.41) is 3.86. The highest BCUT2D eigenvalue weighted by Gasteiger charge is 2.12. The number of rotatable bonds is 5. The van der Waals surface area contributed by atoms with Gasteiger partial charge >= 0.3 is 0 Å². The van der Waals surface area contributed by atoms with Crippen LogP contribution in [0.25, 0.3) is 0 Å². The third-order valence-corrected chi connectivity index (χ3v) is 3.90. The van der Waals surface area contributed by atoms with E-state index in [1.54, 1.807) is 24.3 Å². The molecule has 0 aliphatic heterocycles. The maximum absolute atomic E-state index is 14.1. The van der Waals surface area contributed by atoms with Gasteiger partial charge in [0.1, 0.15) is 10.8 Å². The lowest BCUT2D eigenvalue weighted by molar-refractivity contribution is 0.440. The molecule has 2 aromatic carbocycles. The van der Waals surface area contributed by atoms with Crippen LogP contribution in [-0.2, 0) is 0 Å². The van der Waals surface area contributed by atoms with Gasteiger partial charge in [-0.2, -0.15) is 0 Å². The Bertz CT molecular complexity index is 634. The Labute approximate surface area is 133 Å². The number of benzene rings is 2. The lowest BCUT2D eigenvalue weighted by atomic mass is 10.1. The van der Waals surface area contributed by atoms with Crippen LogP contribution in [-0.4, -0.2) is 6.54 Å². The predicted molar refractivity (Wildman–Crippen MR) is 85.0 cm³/mol. The van der Waals surface area contributed by atoms with Crippen LogP contribution in [0.4, 0.5) is 4.39 Å². The van der Waals surface area contributed by atoms with Gasteiger partial charge in [0.05, 0.1) is 5.02 Å². The van der Waals surface area contributed by atoms with Crippen molar-refractivity contribution in [3.63, 3.8) is 0 Å². The molecule has 1 N–H and O–H groups in total. The topological polar surface area (TPSA) is 21.3 Å². The zero-order chi connectivity index (χ0) is 15.4. The van der Waals surface area contributed by atoms with E-state index in [1.165, 1.54) is 6.07 Å². The molecule has 21 heavy (non-hydrogen) atoms. The lowest BCUT2D eigenvalue weighted by Gasteiger charge is -2.14.